The van der Waals surface area contributed by atoms with Crippen LogP contribution in [0.4, 0.5) is 18.0 Å². The first-order chi connectivity index (χ1) is 8.30. The number of nitrogens with two attached hydrogens (primary N) is 1. The predicted molar refractivity (Wildman–Crippen MR) is 51.5 cm³/mol. The lowest BCUT2D eigenvalue weighted by molar-refractivity contribution is -0.229. The zero-order chi connectivity index (χ0) is 13.8. The molecule has 0 unspecified atom stereocenters. The van der Waals surface area contributed by atoms with Crippen molar-refractivity contribution in [3.63, 3.8) is 0 Å². The molecule has 1 aromatic heterocycles. The average Bonchev–Trinajstić information content (AvgIpc) is 2.28. The number of halogens is 3. The van der Waals surface area contributed by atoms with Crippen molar-refractivity contribution in [1.29, 1.82) is 0 Å². The molecule has 18 heavy (non-hydrogen) atoms. The molecule has 0 atom stereocenters. The van der Waals surface area contributed by atoms with Crippen molar-refractivity contribution in [3.05, 3.63) is 30.1 Å². The van der Waals surface area contributed by atoms with Crippen LogP contribution in [0.3, 0.4) is 0 Å². The van der Waals surface area contributed by atoms with Gasteiger partial charge in [0, 0.05) is 6.20 Å². The number of aromatic nitrogens is 1. The number of hydrogen-bond donors (Lipinski definition) is 1. The summed E-state index contributed by atoms with van der Waals surface area (Å²) >= 11 is 0. The van der Waals surface area contributed by atoms with Crippen molar-refractivity contribution in [1.82, 2.24) is 10.0 Å². The van der Waals surface area contributed by atoms with Crippen molar-refractivity contribution in [2.45, 2.75) is 12.7 Å². The predicted octanol–water partition coefficient (Wildman–Crippen LogP) is 0.983. The Kier molecular flexibility index (Phi) is 4.08. The summed E-state index contributed by atoms with van der Waals surface area (Å²) in [6, 6.07) is 3.21. The number of carbonyl (C=O) groups excluding carboxylic acids is 2. The largest absolute Gasteiger partial charge is 0.493 e. The summed E-state index contributed by atoms with van der Waals surface area (Å²) in [5, 5.41) is 0.0815. The summed E-state index contributed by atoms with van der Waals surface area (Å²) in [5.41, 5.74) is 5.00. The molecule has 0 bridgehead atoms. The van der Waals surface area contributed by atoms with E-state index in [-0.39, 0.29) is 10.8 Å². The van der Waals surface area contributed by atoms with Crippen molar-refractivity contribution >= 4 is 12.0 Å². The molecule has 0 spiro atoms. The number of hydrogen-bond acceptors (Lipinski definition) is 4. The minimum atomic E-state index is -5.21. The first-order valence-electron chi connectivity index (χ1n) is 4.56. The Morgan fingerprint density at radius 1 is 1.39 bits per heavy atom. The van der Waals surface area contributed by atoms with E-state index < -0.39 is 24.7 Å². The van der Waals surface area contributed by atoms with Gasteiger partial charge in [0.2, 0.25) is 0 Å². The Bertz CT molecular complexity index is 436. The Labute approximate surface area is 99.1 Å². The van der Waals surface area contributed by atoms with Gasteiger partial charge in [0.1, 0.15) is 6.54 Å². The number of rotatable bonds is 2. The number of urea groups is 1. The lowest BCUT2D eigenvalue weighted by Gasteiger charge is -2.18. The first kappa shape index (κ1) is 13.7. The second-order valence-electron chi connectivity index (χ2n) is 3.07. The van der Waals surface area contributed by atoms with Gasteiger partial charge in [-0.2, -0.15) is 13.2 Å². The Hall–Kier alpha value is -2.32. The molecule has 6 nitrogen and oxygen atoms in total. The van der Waals surface area contributed by atoms with E-state index in [4.69, 9.17) is 5.73 Å². The van der Waals surface area contributed by atoms with Crippen LogP contribution in [0.2, 0.25) is 0 Å². The second kappa shape index (κ2) is 5.34. The van der Waals surface area contributed by atoms with Crippen LogP contribution in [-0.2, 0) is 16.2 Å². The Balaban J connectivity index is 2.73. The molecule has 2 N–H and O–H groups in total. The van der Waals surface area contributed by atoms with E-state index in [0.29, 0.717) is 0 Å². The molecular weight excluding hydrogens is 255 g/mol. The summed E-state index contributed by atoms with van der Waals surface area (Å²) in [7, 11) is 0. The minimum Gasteiger partial charge on any atom is -0.349 e. The third-order valence-electron chi connectivity index (χ3n) is 1.70. The third-order valence-corrected chi connectivity index (χ3v) is 1.70. The highest BCUT2D eigenvalue weighted by atomic mass is 19.4. The van der Waals surface area contributed by atoms with E-state index in [1.165, 1.54) is 12.3 Å². The van der Waals surface area contributed by atoms with E-state index >= 15 is 0 Å². The second-order valence-corrected chi connectivity index (χ2v) is 3.07. The van der Waals surface area contributed by atoms with Crippen LogP contribution in [0.25, 0.3) is 0 Å². The number of pyridine rings is 1. The first-order valence-corrected chi connectivity index (χ1v) is 4.56. The maximum atomic E-state index is 11.9. The minimum absolute atomic E-state index is 0.0815. The molecule has 1 aromatic rings. The fraction of sp³-hybridized carbons (Fsp3) is 0.222. The van der Waals surface area contributed by atoms with Crippen molar-refractivity contribution in [3.8, 4) is 0 Å². The average molecular weight is 263 g/mol. The maximum Gasteiger partial charge on any atom is 0.493 e. The molecule has 9 heteroatoms. The van der Waals surface area contributed by atoms with E-state index in [1.807, 2.05) is 0 Å². The molecular formula is C9H8F3N3O3. The van der Waals surface area contributed by atoms with Gasteiger partial charge in [-0.25, -0.2) is 9.59 Å². The third kappa shape index (κ3) is 3.92. The number of primary amides is 1. The van der Waals surface area contributed by atoms with Crippen molar-refractivity contribution in [2.24, 2.45) is 5.73 Å². The molecule has 2 amide bonds. The summed E-state index contributed by atoms with van der Waals surface area (Å²) in [5.74, 6) is -2.53. The van der Waals surface area contributed by atoms with Gasteiger partial charge in [-0.1, -0.05) is 6.07 Å². The fourth-order valence-electron chi connectivity index (χ4n) is 0.946. The van der Waals surface area contributed by atoms with Crippen LogP contribution >= 0.6 is 0 Å². The van der Waals surface area contributed by atoms with Crippen LogP contribution in [-0.4, -0.2) is 28.2 Å². The summed E-state index contributed by atoms with van der Waals surface area (Å²) < 4.78 is 35.8. The quantitative estimate of drug-likeness (QED) is 0.806. The van der Waals surface area contributed by atoms with Gasteiger partial charge in [0.15, 0.2) is 0 Å². The number of hydroxylamine groups is 2. The number of alkyl halides is 3. The van der Waals surface area contributed by atoms with Gasteiger partial charge in [-0.3, -0.25) is 4.98 Å². The lowest BCUT2D eigenvalue weighted by atomic mass is 10.3. The monoisotopic (exact) mass is 263 g/mol. The highest BCUT2D eigenvalue weighted by Gasteiger charge is 2.43. The van der Waals surface area contributed by atoms with E-state index in [0.717, 1.165) is 0 Å². The fourth-order valence-corrected chi connectivity index (χ4v) is 0.946. The lowest BCUT2D eigenvalue weighted by Crippen LogP contribution is -2.41. The van der Waals surface area contributed by atoms with Gasteiger partial charge in [-0.05, 0) is 12.1 Å². The maximum absolute atomic E-state index is 11.9. The Morgan fingerprint density at radius 3 is 2.50 bits per heavy atom. The molecule has 0 aliphatic carbocycles. The van der Waals surface area contributed by atoms with Crippen molar-refractivity contribution in [2.75, 3.05) is 0 Å². The highest BCUT2D eigenvalue weighted by molar-refractivity contribution is 5.78. The zero-order valence-corrected chi connectivity index (χ0v) is 8.85. The van der Waals surface area contributed by atoms with E-state index in [9.17, 15) is 22.8 Å². The van der Waals surface area contributed by atoms with Gasteiger partial charge in [0.05, 0.1) is 5.69 Å². The molecule has 0 saturated carbocycles. The van der Waals surface area contributed by atoms with Gasteiger partial charge < -0.3 is 10.6 Å². The highest BCUT2D eigenvalue weighted by Crippen LogP contribution is 2.17. The van der Waals surface area contributed by atoms with Crippen LogP contribution in [0.15, 0.2) is 24.4 Å². The van der Waals surface area contributed by atoms with Crippen LogP contribution in [0.5, 0.6) is 0 Å². The zero-order valence-electron chi connectivity index (χ0n) is 8.85. The van der Waals surface area contributed by atoms with Gasteiger partial charge in [-0.15, -0.1) is 5.06 Å². The van der Waals surface area contributed by atoms with Crippen LogP contribution in [0.1, 0.15) is 5.69 Å². The van der Waals surface area contributed by atoms with E-state index in [1.54, 1.807) is 12.1 Å². The number of amides is 2. The van der Waals surface area contributed by atoms with Crippen LogP contribution in [0, 0.1) is 0 Å². The number of carbonyl (C=O) groups is 2. The molecule has 0 aliphatic heterocycles. The molecule has 1 rings (SSSR count). The smallest absolute Gasteiger partial charge is 0.349 e. The molecule has 98 valence electrons. The summed E-state index contributed by atoms with van der Waals surface area (Å²) in [6.07, 6.45) is -3.85. The Morgan fingerprint density at radius 2 is 2.06 bits per heavy atom. The van der Waals surface area contributed by atoms with Crippen LogP contribution < -0.4 is 5.73 Å². The molecule has 0 fully saturated rings. The summed E-state index contributed by atoms with van der Waals surface area (Å²) in [4.78, 5) is 29.0. The standard InChI is InChI=1S/C9H8F3N3O3/c10-9(11,12)7(16)18-15(8(13)17)5-6-3-1-2-4-14-6/h1-4H,5H2,(H2,13,17). The van der Waals surface area contributed by atoms with Gasteiger partial charge >= 0.3 is 18.2 Å². The normalized spacial score (nSPS) is 10.8. The van der Waals surface area contributed by atoms with E-state index in [2.05, 4.69) is 9.82 Å². The SMILES string of the molecule is NC(=O)N(Cc1ccccn1)OC(=O)C(F)(F)F. The molecule has 0 aromatic carbocycles. The van der Waals surface area contributed by atoms with Crippen molar-refractivity contribution < 1.29 is 27.6 Å². The number of nitrogens with zero attached hydrogens (tertiary/aromatic N) is 2. The molecule has 0 aliphatic rings. The summed E-state index contributed by atoms with van der Waals surface area (Å²) in [6.45, 7) is -0.474. The molecule has 0 radical (unpaired) electrons. The molecule has 1 heterocycles. The molecule has 0 saturated heterocycles. The van der Waals surface area contributed by atoms with Gasteiger partial charge in [0.25, 0.3) is 0 Å². The topological polar surface area (TPSA) is 85.5 Å².